The van der Waals surface area contributed by atoms with Crippen LogP contribution in [0, 0.1) is 23.2 Å². The van der Waals surface area contributed by atoms with Gasteiger partial charge in [-0.3, -0.25) is 9.59 Å². The van der Waals surface area contributed by atoms with E-state index in [1.165, 1.54) is 13.0 Å². The van der Waals surface area contributed by atoms with E-state index in [4.69, 9.17) is 4.74 Å². The van der Waals surface area contributed by atoms with Gasteiger partial charge in [0.2, 0.25) is 0 Å². The van der Waals surface area contributed by atoms with Gasteiger partial charge in [0, 0.05) is 30.8 Å². The van der Waals surface area contributed by atoms with E-state index in [-0.39, 0.29) is 18.3 Å². The van der Waals surface area contributed by atoms with Gasteiger partial charge in [-0.15, -0.1) is 0 Å². The van der Waals surface area contributed by atoms with Gasteiger partial charge in [0.15, 0.2) is 5.78 Å². The first-order valence-corrected chi connectivity index (χ1v) is 8.00. The van der Waals surface area contributed by atoms with E-state index in [2.05, 4.69) is 0 Å². The molecule has 2 rings (SSSR count). The van der Waals surface area contributed by atoms with Gasteiger partial charge < -0.3 is 20.1 Å². The van der Waals surface area contributed by atoms with Crippen molar-refractivity contribution in [2.45, 2.75) is 52.4 Å². The van der Waals surface area contributed by atoms with E-state index in [9.17, 15) is 24.9 Å². The Morgan fingerprint density at radius 3 is 2.61 bits per heavy atom. The van der Waals surface area contributed by atoms with Crippen molar-refractivity contribution < 1.29 is 29.6 Å². The molecule has 0 saturated heterocycles. The standard InChI is InChI=1S/C17H26O6/c1-8-5-13(21)16(22)17(4)12(8)6-14(23-10(3)20)11(7-18)15(17)9(2)19/h5,9,11-12,14-16,18-19,22H,6-7H2,1-4H3/t9?,11?,12-,14+,15?,16+,17-/m0/s1. The lowest BCUT2D eigenvalue weighted by atomic mass is 9.49. The van der Waals surface area contributed by atoms with Crippen LogP contribution in [0.2, 0.25) is 0 Å². The fourth-order valence-corrected chi connectivity index (χ4v) is 4.80. The second-order valence-electron chi connectivity index (χ2n) is 7.11. The molecule has 0 aromatic rings. The Kier molecular flexibility index (Phi) is 4.99. The number of carbonyl (C=O) groups is 2. The summed E-state index contributed by atoms with van der Waals surface area (Å²) < 4.78 is 5.38. The number of carbonyl (C=O) groups excluding carboxylic acids is 2. The van der Waals surface area contributed by atoms with Crippen LogP contribution in [-0.4, -0.2) is 52.0 Å². The van der Waals surface area contributed by atoms with Crippen molar-refractivity contribution in [3.05, 3.63) is 11.6 Å². The molecule has 3 N–H and O–H groups in total. The lowest BCUT2D eigenvalue weighted by molar-refractivity contribution is -0.191. The molecule has 3 unspecified atom stereocenters. The molecule has 0 amide bonds. The molecule has 130 valence electrons. The van der Waals surface area contributed by atoms with Gasteiger partial charge in [-0.2, -0.15) is 0 Å². The minimum absolute atomic E-state index is 0.207. The van der Waals surface area contributed by atoms with Gasteiger partial charge in [0.25, 0.3) is 0 Å². The van der Waals surface area contributed by atoms with Crippen LogP contribution in [0.3, 0.4) is 0 Å². The maximum atomic E-state index is 12.1. The molecule has 2 aliphatic carbocycles. The summed E-state index contributed by atoms with van der Waals surface area (Å²) in [5.41, 5.74) is -0.101. The molecular weight excluding hydrogens is 300 g/mol. The van der Waals surface area contributed by atoms with E-state index in [0.29, 0.717) is 6.42 Å². The predicted octanol–water partition coefficient (Wildman–Crippen LogP) is 0.440. The van der Waals surface area contributed by atoms with Gasteiger partial charge in [-0.05, 0) is 32.3 Å². The molecule has 6 nitrogen and oxygen atoms in total. The first-order valence-electron chi connectivity index (χ1n) is 8.00. The smallest absolute Gasteiger partial charge is 0.302 e. The molecule has 7 atom stereocenters. The lowest BCUT2D eigenvalue weighted by Gasteiger charge is -2.57. The zero-order chi connectivity index (χ0) is 17.5. The minimum Gasteiger partial charge on any atom is -0.462 e. The maximum absolute atomic E-state index is 12.1. The number of hydrogen-bond acceptors (Lipinski definition) is 6. The molecule has 0 radical (unpaired) electrons. The van der Waals surface area contributed by atoms with Crippen LogP contribution in [0.5, 0.6) is 0 Å². The number of ketones is 1. The fraction of sp³-hybridized carbons (Fsp3) is 0.765. The van der Waals surface area contributed by atoms with Crippen LogP contribution < -0.4 is 0 Å². The van der Waals surface area contributed by atoms with Gasteiger partial charge in [-0.25, -0.2) is 0 Å². The summed E-state index contributed by atoms with van der Waals surface area (Å²) in [5.74, 6) is -2.14. The van der Waals surface area contributed by atoms with Crippen LogP contribution >= 0.6 is 0 Å². The van der Waals surface area contributed by atoms with Crippen LogP contribution in [0.15, 0.2) is 11.6 Å². The highest BCUT2D eigenvalue weighted by atomic mass is 16.5. The summed E-state index contributed by atoms with van der Waals surface area (Å²) in [4.78, 5) is 23.5. The Hall–Kier alpha value is -1.24. The second kappa shape index (κ2) is 6.34. The predicted molar refractivity (Wildman–Crippen MR) is 82.3 cm³/mol. The topological polar surface area (TPSA) is 104 Å². The van der Waals surface area contributed by atoms with E-state index < -0.39 is 41.5 Å². The highest BCUT2D eigenvalue weighted by molar-refractivity contribution is 5.96. The number of aliphatic hydroxyl groups excluding tert-OH is 3. The van der Waals surface area contributed by atoms with Crippen molar-refractivity contribution in [1.82, 2.24) is 0 Å². The zero-order valence-electron chi connectivity index (χ0n) is 14.0. The summed E-state index contributed by atoms with van der Waals surface area (Å²) in [6, 6.07) is 0. The van der Waals surface area contributed by atoms with E-state index in [1.807, 2.05) is 6.92 Å². The molecule has 1 saturated carbocycles. The van der Waals surface area contributed by atoms with Crippen molar-refractivity contribution in [3.63, 3.8) is 0 Å². The average molecular weight is 326 g/mol. The second-order valence-corrected chi connectivity index (χ2v) is 7.11. The minimum atomic E-state index is -1.25. The Morgan fingerprint density at radius 2 is 2.13 bits per heavy atom. The van der Waals surface area contributed by atoms with Crippen molar-refractivity contribution in [2.75, 3.05) is 6.61 Å². The van der Waals surface area contributed by atoms with E-state index >= 15 is 0 Å². The van der Waals surface area contributed by atoms with Gasteiger partial charge in [0.05, 0.1) is 6.10 Å². The molecule has 23 heavy (non-hydrogen) atoms. The first-order chi connectivity index (χ1) is 10.6. The molecule has 6 heteroatoms. The number of aliphatic hydroxyl groups is 3. The van der Waals surface area contributed by atoms with Gasteiger partial charge in [0.1, 0.15) is 12.2 Å². The van der Waals surface area contributed by atoms with Crippen molar-refractivity contribution in [1.29, 1.82) is 0 Å². The summed E-state index contributed by atoms with van der Waals surface area (Å²) >= 11 is 0. The van der Waals surface area contributed by atoms with E-state index in [0.717, 1.165) is 5.57 Å². The number of fused-ring (bicyclic) bond motifs is 1. The van der Waals surface area contributed by atoms with Crippen molar-refractivity contribution in [3.8, 4) is 0 Å². The number of ether oxygens (including phenoxy) is 1. The van der Waals surface area contributed by atoms with Crippen molar-refractivity contribution >= 4 is 11.8 Å². The van der Waals surface area contributed by atoms with Crippen LogP contribution in [0.1, 0.15) is 34.1 Å². The highest BCUT2D eigenvalue weighted by Gasteiger charge is 2.60. The molecule has 0 bridgehead atoms. The molecule has 0 aliphatic heterocycles. The molecule has 0 heterocycles. The Morgan fingerprint density at radius 1 is 1.52 bits per heavy atom. The largest absolute Gasteiger partial charge is 0.462 e. The Bertz CT molecular complexity index is 525. The number of rotatable bonds is 3. The zero-order valence-corrected chi connectivity index (χ0v) is 14.0. The number of hydrogen-bond donors (Lipinski definition) is 3. The summed E-state index contributed by atoms with van der Waals surface area (Å²) in [7, 11) is 0. The van der Waals surface area contributed by atoms with Crippen LogP contribution in [-0.2, 0) is 14.3 Å². The average Bonchev–Trinajstić information content (AvgIpc) is 2.44. The summed E-state index contributed by atoms with van der Waals surface area (Å²) in [6.07, 6.45) is -0.828. The normalized spacial score (nSPS) is 41.8. The fourth-order valence-electron chi connectivity index (χ4n) is 4.80. The monoisotopic (exact) mass is 326 g/mol. The number of esters is 1. The van der Waals surface area contributed by atoms with E-state index in [1.54, 1.807) is 13.8 Å². The SMILES string of the molecule is CC(=O)O[C@@H]1C[C@H]2C(C)=CC(=O)[C@@H](O)[C@]2(C)C(C(C)O)C1CO. The molecule has 0 spiro atoms. The molecular formula is C17H26O6. The molecule has 0 aromatic carbocycles. The molecule has 2 aliphatic rings. The summed E-state index contributed by atoms with van der Waals surface area (Å²) in [5, 5.41) is 30.7. The quantitative estimate of drug-likeness (QED) is 0.650. The maximum Gasteiger partial charge on any atom is 0.302 e. The third-order valence-electron chi connectivity index (χ3n) is 5.70. The lowest BCUT2D eigenvalue weighted by Crippen LogP contribution is -2.62. The Labute approximate surface area is 136 Å². The van der Waals surface area contributed by atoms with Crippen molar-refractivity contribution in [2.24, 2.45) is 23.2 Å². The summed E-state index contributed by atoms with van der Waals surface area (Å²) in [6.45, 7) is 6.19. The molecule has 1 fully saturated rings. The third kappa shape index (κ3) is 2.84. The number of allylic oxidation sites excluding steroid dienone is 1. The first kappa shape index (κ1) is 18.1. The third-order valence-corrected chi connectivity index (χ3v) is 5.70. The van der Waals surface area contributed by atoms with Crippen LogP contribution in [0.25, 0.3) is 0 Å². The highest BCUT2D eigenvalue weighted by Crippen LogP contribution is 2.56. The van der Waals surface area contributed by atoms with Crippen LogP contribution in [0.4, 0.5) is 0 Å². The molecule has 0 aromatic heterocycles. The van der Waals surface area contributed by atoms with Gasteiger partial charge >= 0.3 is 5.97 Å². The van der Waals surface area contributed by atoms with Gasteiger partial charge in [-0.1, -0.05) is 12.5 Å². The Balaban J connectivity index is 2.54.